The van der Waals surface area contributed by atoms with Crippen LogP contribution in [-0.2, 0) is 0 Å². The van der Waals surface area contributed by atoms with Gasteiger partial charge in [-0.25, -0.2) is 9.98 Å². The molecule has 0 radical (unpaired) electrons. The first-order valence-electron chi connectivity index (χ1n) is 8.68. The van der Waals surface area contributed by atoms with Crippen LogP contribution >= 0.6 is 0 Å². The Labute approximate surface area is 137 Å². The molecule has 2 aromatic carbocycles. The van der Waals surface area contributed by atoms with Crippen molar-refractivity contribution in [3.05, 3.63) is 58.7 Å². The number of nitrogens with zero attached hydrogens (tertiary/aromatic N) is 3. The van der Waals surface area contributed by atoms with Crippen molar-refractivity contribution in [3.63, 3.8) is 0 Å². The summed E-state index contributed by atoms with van der Waals surface area (Å²) in [5.41, 5.74) is 5.74. The molecule has 3 nitrogen and oxygen atoms in total. The van der Waals surface area contributed by atoms with Gasteiger partial charge in [0, 0.05) is 11.1 Å². The summed E-state index contributed by atoms with van der Waals surface area (Å²) in [6.07, 6.45) is 2.61. The van der Waals surface area contributed by atoms with Gasteiger partial charge in [-0.05, 0) is 51.0 Å². The Morgan fingerprint density at radius 1 is 0.818 bits per heavy atom. The van der Waals surface area contributed by atoms with Gasteiger partial charge in [0.2, 0.25) is 0 Å². The van der Waals surface area contributed by atoms with E-state index >= 15 is 0 Å². The fraction of sp³-hybridized carbons (Fsp3) is 0.263. The lowest BCUT2D eigenvalue weighted by molar-refractivity contribution is 0.801. The molecule has 0 N–H and O–H groups in total. The zero-order valence-electron chi connectivity index (χ0n) is 16.5. The highest BCUT2D eigenvalue weighted by Crippen LogP contribution is 2.20. The van der Waals surface area contributed by atoms with Gasteiger partial charge in [0.05, 0.1) is 24.1 Å². The van der Waals surface area contributed by atoms with Crippen molar-refractivity contribution in [2.75, 3.05) is 6.98 Å². The lowest BCUT2D eigenvalue weighted by Gasteiger charge is -2.07. The molecule has 0 spiro atoms. The van der Waals surface area contributed by atoms with Crippen molar-refractivity contribution < 1.29 is 4.11 Å². The summed E-state index contributed by atoms with van der Waals surface area (Å²) in [6, 6.07) is 11.7. The molecule has 114 valence electrons. The third kappa shape index (κ3) is 4.29. The van der Waals surface area contributed by atoms with Crippen LogP contribution in [0.5, 0.6) is 0 Å². The molecule has 3 heteroatoms. The molecule has 0 aliphatic heterocycles. The van der Waals surface area contributed by atoms with E-state index in [0.29, 0.717) is 0 Å². The van der Waals surface area contributed by atoms with E-state index in [1.54, 1.807) is 0 Å². The topological polar surface area (TPSA) is 28.0 Å². The first kappa shape index (κ1) is 12.2. The summed E-state index contributed by atoms with van der Waals surface area (Å²) in [4.78, 5) is 9.67. The van der Waals surface area contributed by atoms with E-state index < -0.39 is 6.98 Å². The van der Waals surface area contributed by atoms with Crippen LogP contribution in [0.4, 0.5) is 11.4 Å². The molecule has 0 unspecified atom stereocenters. The van der Waals surface area contributed by atoms with E-state index in [-0.39, 0.29) is 0 Å². The van der Waals surface area contributed by atoms with Gasteiger partial charge in [0.15, 0.2) is 0 Å². The molecule has 0 saturated carbocycles. The second-order valence-corrected chi connectivity index (χ2v) is 5.48. The van der Waals surface area contributed by atoms with Gasteiger partial charge in [-0.2, -0.15) is 0 Å². The van der Waals surface area contributed by atoms with Crippen LogP contribution in [0, 0.1) is 27.7 Å². The number of rotatable bonds is 4. The molecular weight excluding hydrogens is 270 g/mol. The highest BCUT2D eigenvalue weighted by Gasteiger charge is 1.97. The fourth-order valence-corrected chi connectivity index (χ4v) is 2.18. The molecule has 0 atom stereocenters. The molecule has 0 heterocycles. The second-order valence-electron chi connectivity index (χ2n) is 5.48. The van der Waals surface area contributed by atoms with Crippen molar-refractivity contribution in [2.24, 2.45) is 9.98 Å². The molecular formula is C19H23N3. The van der Waals surface area contributed by atoms with Gasteiger partial charge in [-0.3, -0.25) is 0 Å². The maximum atomic E-state index is 7.67. The minimum absolute atomic E-state index is 0.736. The average Bonchev–Trinajstić information content (AvgIpc) is 2.49. The smallest absolute Gasteiger partial charge is 0.0961 e. The molecule has 2 rings (SSSR count). The quantitative estimate of drug-likeness (QED) is 0.584. The molecule has 0 bridgehead atoms. The minimum Gasteiger partial charge on any atom is -0.326 e. The van der Waals surface area contributed by atoms with Gasteiger partial charge < -0.3 is 4.90 Å². The molecule has 0 saturated heterocycles. The number of aliphatic imine (C=N–C) groups is 2. The van der Waals surface area contributed by atoms with Gasteiger partial charge in [-0.15, -0.1) is 0 Å². The lowest BCUT2D eigenvalue weighted by atomic mass is 10.1. The predicted molar refractivity (Wildman–Crippen MR) is 95.9 cm³/mol. The van der Waals surface area contributed by atoms with Crippen LogP contribution in [0.3, 0.4) is 0 Å². The monoisotopic (exact) mass is 296 g/mol. The van der Waals surface area contributed by atoms with Gasteiger partial charge in [0.25, 0.3) is 0 Å². The van der Waals surface area contributed by atoms with E-state index in [1.807, 2.05) is 64.1 Å². The molecule has 22 heavy (non-hydrogen) atoms. The number of benzene rings is 2. The van der Waals surface area contributed by atoms with E-state index in [4.69, 9.17) is 4.11 Å². The summed E-state index contributed by atoms with van der Waals surface area (Å²) in [5, 5.41) is 0. The van der Waals surface area contributed by atoms with Crippen molar-refractivity contribution in [1.82, 2.24) is 4.90 Å². The van der Waals surface area contributed by atoms with Crippen LogP contribution < -0.4 is 0 Å². The maximum absolute atomic E-state index is 7.67. The fourth-order valence-electron chi connectivity index (χ4n) is 2.18. The summed E-state index contributed by atoms with van der Waals surface area (Å²) >= 11 is 0. The van der Waals surface area contributed by atoms with Crippen LogP contribution in [-0.4, -0.2) is 24.6 Å². The molecule has 0 aliphatic rings. The van der Waals surface area contributed by atoms with Crippen LogP contribution in [0.2, 0.25) is 0 Å². The largest absolute Gasteiger partial charge is 0.326 e. The van der Waals surface area contributed by atoms with E-state index in [9.17, 15) is 0 Å². The zero-order chi connectivity index (χ0) is 18.6. The molecule has 2 aromatic rings. The Kier molecular flexibility index (Phi) is 3.88. The average molecular weight is 296 g/mol. The predicted octanol–water partition coefficient (Wildman–Crippen LogP) is 4.87. The van der Waals surface area contributed by atoms with Crippen molar-refractivity contribution in [3.8, 4) is 0 Å². The van der Waals surface area contributed by atoms with Crippen molar-refractivity contribution in [1.29, 1.82) is 0 Å². The third-order valence-corrected chi connectivity index (χ3v) is 3.35. The Morgan fingerprint density at radius 3 is 1.64 bits per heavy atom. The highest BCUT2D eigenvalue weighted by atomic mass is 15.1. The highest BCUT2D eigenvalue weighted by molar-refractivity contribution is 5.78. The molecule has 0 amide bonds. The first-order valence-corrected chi connectivity index (χ1v) is 7.18. The molecule has 0 aliphatic carbocycles. The third-order valence-electron chi connectivity index (χ3n) is 3.35. The Hall–Kier alpha value is -2.42. The van der Waals surface area contributed by atoms with Gasteiger partial charge in [0.1, 0.15) is 0 Å². The van der Waals surface area contributed by atoms with Crippen LogP contribution in [0.1, 0.15) is 26.4 Å². The summed E-state index contributed by atoms with van der Waals surface area (Å²) in [6.45, 7) is 5.55. The minimum atomic E-state index is -2.36. The van der Waals surface area contributed by atoms with Crippen LogP contribution in [0.15, 0.2) is 46.4 Å². The van der Waals surface area contributed by atoms with E-state index in [1.165, 1.54) is 12.7 Å². The number of hydrogen-bond donors (Lipinski definition) is 0. The SMILES string of the molecule is [2H]C([2H])([2H])N(C=Nc1ccc(C)cc1C)C=Nc1ccc(C)cc1C. The van der Waals surface area contributed by atoms with Gasteiger partial charge in [-0.1, -0.05) is 35.4 Å². The summed E-state index contributed by atoms with van der Waals surface area (Å²) < 4.78 is 23.0. The lowest BCUT2D eigenvalue weighted by Crippen LogP contribution is -2.12. The molecule has 0 fully saturated rings. The second kappa shape index (κ2) is 7.03. The van der Waals surface area contributed by atoms with Crippen molar-refractivity contribution >= 4 is 24.1 Å². The number of aryl methyl sites for hydroxylation is 4. The first-order chi connectivity index (χ1) is 11.7. The Bertz CT molecular complexity index is 747. The zero-order valence-corrected chi connectivity index (χ0v) is 13.5. The Balaban J connectivity index is 2.27. The summed E-state index contributed by atoms with van der Waals surface area (Å²) in [5.74, 6) is 0. The van der Waals surface area contributed by atoms with Crippen molar-refractivity contribution in [2.45, 2.75) is 27.7 Å². The van der Waals surface area contributed by atoms with E-state index in [0.717, 1.165) is 38.5 Å². The maximum Gasteiger partial charge on any atom is 0.0961 e. The van der Waals surface area contributed by atoms with E-state index in [2.05, 4.69) is 9.98 Å². The van der Waals surface area contributed by atoms with Gasteiger partial charge >= 0.3 is 0 Å². The number of hydrogen-bond acceptors (Lipinski definition) is 2. The normalized spacial score (nSPS) is 14.1. The van der Waals surface area contributed by atoms with Crippen LogP contribution in [0.25, 0.3) is 0 Å². The summed E-state index contributed by atoms with van der Waals surface area (Å²) in [7, 11) is 0. The Morgan fingerprint density at radius 2 is 1.27 bits per heavy atom. The molecule has 0 aromatic heterocycles. The standard InChI is InChI=1S/C19H23N3/c1-14-6-8-18(16(3)10-14)20-12-22(5)13-21-19-9-7-15(2)11-17(19)4/h6-13H,1-5H3/i5D3.